The Morgan fingerprint density at radius 3 is 2.59 bits per heavy atom. The van der Waals surface area contributed by atoms with Gasteiger partial charge in [-0.25, -0.2) is 4.39 Å². The number of methoxy groups -OCH3 is 1. The van der Waals surface area contributed by atoms with Gasteiger partial charge in [-0.05, 0) is 39.1 Å². The van der Waals surface area contributed by atoms with Gasteiger partial charge in [-0.15, -0.1) is 0 Å². The first kappa shape index (κ1) is 13.9. The highest BCUT2D eigenvalue weighted by Crippen LogP contribution is 2.21. The third kappa shape index (κ3) is 4.71. The molecule has 0 bridgehead atoms. The van der Waals surface area contributed by atoms with Crippen LogP contribution in [-0.2, 0) is 6.54 Å². The van der Waals surface area contributed by atoms with E-state index >= 15 is 0 Å². The van der Waals surface area contributed by atoms with Crippen molar-refractivity contribution in [3.05, 3.63) is 29.6 Å². The molecule has 2 N–H and O–H groups in total. The molecule has 1 aromatic rings. The predicted molar refractivity (Wildman–Crippen MR) is 67.6 cm³/mol. The van der Waals surface area contributed by atoms with Gasteiger partial charge < -0.3 is 15.4 Å². The fourth-order valence-corrected chi connectivity index (χ4v) is 1.91. The van der Waals surface area contributed by atoms with Gasteiger partial charge in [0.05, 0.1) is 7.11 Å². The molecule has 0 amide bonds. The highest BCUT2D eigenvalue weighted by atomic mass is 19.1. The Balaban J connectivity index is 2.76. The lowest BCUT2D eigenvalue weighted by atomic mass is 10.1. The van der Waals surface area contributed by atoms with E-state index in [9.17, 15) is 4.39 Å². The Bertz CT molecular complexity index is 374. The third-order valence-corrected chi connectivity index (χ3v) is 2.36. The lowest BCUT2D eigenvalue weighted by Crippen LogP contribution is -2.43. The Labute approximate surface area is 102 Å². The van der Waals surface area contributed by atoms with Crippen LogP contribution in [0.2, 0.25) is 0 Å². The molecule has 0 aliphatic heterocycles. The molecule has 0 aliphatic rings. The summed E-state index contributed by atoms with van der Waals surface area (Å²) in [5.41, 5.74) is 6.51. The highest BCUT2D eigenvalue weighted by Gasteiger charge is 2.15. The van der Waals surface area contributed by atoms with Crippen molar-refractivity contribution in [2.75, 3.05) is 20.7 Å². The average molecular weight is 240 g/mol. The van der Waals surface area contributed by atoms with Crippen LogP contribution < -0.4 is 10.5 Å². The van der Waals surface area contributed by atoms with Crippen molar-refractivity contribution in [2.45, 2.75) is 25.9 Å². The molecule has 96 valence electrons. The number of nitrogens with zero attached hydrogens (tertiary/aromatic N) is 1. The number of nitrogens with two attached hydrogens (primary N) is 1. The van der Waals surface area contributed by atoms with E-state index < -0.39 is 0 Å². The Morgan fingerprint density at radius 1 is 1.41 bits per heavy atom. The molecule has 0 spiro atoms. The second kappa shape index (κ2) is 5.47. The fourth-order valence-electron chi connectivity index (χ4n) is 1.91. The van der Waals surface area contributed by atoms with Gasteiger partial charge >= 0.3 is 0 Å². The van der Waals surface area contributed by atoms with Crippen molar-refractivity contribution < 1.29 is 9.13 Å². The monoisotopic (exact) mass is 240 g/mol. The van der Waals surface area contributed by atoms with E-state index in [2.05, 4.69) is 4.90 Å². The quantitative estimate of drug-likeness (QED) is 0.855. The predicted octanol–water partition coefficient (Wildman–Crippen LogP) is 2.00. The van der Waals surface area contributed by atoms with Crippen LogP contribution in [-0.4, -0.2) is 31.1 Å². The molecule has 0 saturated heterocycles. The summed E-state index contributed by atoms with van der Waals surface area (Å²) in [5, 5.41) is 0. The first-order chi connectivity index (χ1) is 7.81. The zero-order valence-corrected chi connectivity index (χ0v) is 11.0. The number of likely N-dealkylation sites (N-methyl/N-ethyl adjacent to an activating group) is 1. The van der Waals surface area contributed by atoms with E-state index in [0.717, 1.165) is 12.1 Å². The molecule has 0 unspecified atom stereocenters. The van der Waals surface area contributed by atoms with Crippen LogP contribution in [0.15, 0.2) is 18.2 Å². The van der Waals surface area contributed by atoms with Crippen molar-refractivity contribution in [3.8, 4) is 5.75 Å². The van der Waals surface area contributed by atoms with E-state index in [1.165, 1.54) is 12.1 Å². The molecule has 4 heteroatoms. The topological polar surface area (TPSA) is 38.5 Å². The third-order valence-electron chi connectivity index (χ3n) is 2.36. The van der Waals surface area contributed by atoms with Gasteiger partial charge in [-0.1, -0.05) is 0 Å². The SMILES string of the molecule is COc1ccc(F)cc1CN(C)CC(C)(C)N. The smallest absolute Gasteiger partial charge is 0.123 e. The number of hydrogen-bond donors (Lipinski definition) is 1. The molecule has 0 radical (unpaired) electrons. The van der Waals surface area contributed by atoms with Crippen LogP contribution in [0.3, 0.4) is 0 Å². The molecule has 0 saturated carbocycles. The molecule has 0 aromatic heterocycles. The van der Waals surface area contributed by atoms with E-state index in [1.807, 2.05) is 20.9 Å². The molecule has 1 rings (SSSR count). The van der Waals surface area contributed by atoms with E-state index in [4.69, 9.17) is 10.5 Å². The Kier molecular flexibility index (Phi) is 4.48. The minimum atomic E-state index is -0.269. The molecular weight excluding hydrogens is 219 g/mol. The molecule has 3 nitrogen and oxygen atoms in total. The fraction of sp³-hybridized carbons (Fsp3) is 0.538. The summed E-state index contributed by atoms with van der Waals surface area (Å²) < 4.78 is 18.4. The van der Waals surface area contributed by atoms with Gasteiger partial charge in [0.2, 0.25) is 0 Å². The van der Waals surface area contributed by atoms with E-state index in [-0.39, 0.29) is 11.4 Å². The van der Waals surface area contributed by atoms with Gasteiger partial charge in [0.15, 0.2) is 0 Å². The Hall–Kier alpha value is -1.13. The minimum absolute atomic E-state index is 0.249. The second-order valence-electron chi connectivity index (χ2n) is 5.12. The maximum Gasteiger partial charge on any atom is 0.123 e. The molecule has 0 fully saturated rings. The van der Waals surface area contributed by atoms with Crippen LogP contribution >= 0.6 is 0 Å². The number of halogens is 1. The summed E-state index contributed by atoms with van der Waals surface area (Å²) in [7, 11) is 3.54. The van der Waals surface area contributed by atoms with Gasteiger partial charge in [0, 0.05) is 24.2 Å². The molecule has 0 atom stereocenters. The maximum atomic E-state index is 13.2. The van der Waals surface area contributed by atoms with Crippen LogP contribution in [0.4, 0.5) is 4.39 Å². The van der Waals surface area contributed by atoms with Crippen LogP contribution in [0.25, 0.3) is 0 Å². The summed E-state index contributed by atoms with van der Waals surface area (Å²) in [4.78, 5) is 2.05. The Morgan fingerprint density at radius 2 is 2.06 bits per heavy atom. The van der Waals surface area contributed by atoms with E-state index in [0.29, 0.717) is 12.3 Å². The second-order valence-corrected chi connectivity index (χ2v) is 5.12. The zero-order chi connectivity index (χ0) is 13.1. The standard InChI is InChI=1S/C13H21FN2O/c1-13(2,15)9-16(3)8-10-7-11(14)5-6-12(10)17-4/h5-7H,8-9,15H2,1-4H3. The number of rotatable bonds is 5. The summed E-state index contributed by atoms with van der Waals surface area (Å²) in [5.74, 6) is 0.453. The van der Waals surface area contributed by atoms with Crippen molar-refractivity contribution in [1.29, 1.82) is 0 Å². The van der Waals surface area contributed by atoms with Crippen LogP contribution in [0.1, 0.15) is 19.4 Å². The van der Waals surface area contributed by atoms with Gasteiger partial charge in [0.1, 0.15) is 11.6 Å². The largest absolute Gasteiger partial charge is 0.496 e. The molecule has 17 heavy (non-hydrogen) atoms. The molecule has 1 aromatic carbocycles. The van der Waals surface area contributed by atoms with Crippen LogP contribution in [0, 0.1) is 5.82 Å². The van der Waals surface area contributed by atoms with Gasteiger partial charge in [-0.2, -0.15) is 0 Å². The lowest BCUT2D eigenvalue weighted by Gasteiger charge is -2.26. The molecule has 0 aliphatic carbocycles. The van der Waals surface area contributed by atoms with E-state index in [1.54, 1.807) is 13.2 Å². The van der Waals surface area contributed by atoms with Gasteiger partial charge in [0.25, 0.3) is 0 Å². The molecular formula is C13H21FN2O. The number of benzene rings is 1. The summed E-state index contributed by atoms with van der Waals surface area (Å²) >= 11 is 0. The molecule has 0 heterocycles. The summed E-state index contributed by atoms with van der Waals surface area (Å²) in [6, 6.07) is 4.54. The number of hydrogen-bond acceptors (Lipinski definition) is 3. The normalized spacial score (nSPS) is 11.9. The highest BCUT2D eigenvalue weighted by molar-refractivity contribution is 5.33. The summed E-state index contributed by atoms with van der Waals surface area (Å²) in [6.07, 6.45) is 0. The van der Waals surface area contributed by atoms with Crippen molar-refractivity contribution in [2.24, 2.45) is 5.73 Å². The average Bonchev–Trinajstić information content (AvgIpc) is 2.14. The minimum Gasteiger partial charge on any atom is -0.496 e. The van der Waals surface area contributed by atoms with Gasteiger partial charge in [-0.3, -0.25) is 0 Å². The number of ether oxygens (including phenoxy) is 1. The lowest BCUT2D eigenvalue weighted by molar-refractivity contribution is 0.259. The van der Waals surface area contributed by atoms with Crippen molar-refractivity contribution in [3.63, 3.8) is 0 Å². The zero-order valence-electron chi connectivity index (χ0n) is 11.0. The first-order valence-corrected chi connectivity index (χ1v) is 5.61. The maximum absolute atomic E-state index is 13.2. The van der Waals surface area contributed by atoms with Crippen LogP contribution in [0.5, 0.6) is 5.75 Å². The summed E-state index contributed by atoms with van der Waals surface area (Å²) in [6.45, 7) is 5.27. The van der Waals surface area contributed by atoms with Crippen molar-refractivity contribution >= 4 is 0 Å². The van der Waals surface area contributed by atoms with Crippen molar-refractivity contribution in [1.82, 2.24) is 4.90 Å². The first-order valence-electron chi connectivity index (χ1n) is 5.61.